The first kappa shape index (κ1) is 14.7. The van der Waals surface area contributed by atoms with Gasteiger partial charge in [0.15, 0.2) is 5.84 Å². The molecule has 0 atom stereocenters. The van der Waals surface area contributed by atoms with Crippen molar-refractivity contribution in [2.75, 3.05) is 5.43 Å². The third kappa shape index (κ3) is 3.55. The molecule has 0 aliphatic heterocycles. The van der Waals surface area contributed by atoms with Crippen LogP contribution in [0.25, 0.3) is 0 Å². The van der Waals surface area contributed by atoms with E-state index in [0.29, 0.717) is 0 Å². The maximum atomic E-state index is 8.75. The van der Waals surface area contributed by atoms with E-state index in [2.05, 4.69) is 42.4 Å². The Kier molecular flexibility index (Phi) is 5.31. The van der Waals surface area contributed by atoms with Gasteiger partial charge in [-0.15, -0.1) is 0 Å². The number of anilines is 1. The van der Waals surface area contributed by atoms with Crippen molar-refractivity contribution in [2.45, 2.75) is 13.3 Å². The molecule has 1 aromatic rings. The summed E-state index contributed by atoms with van der Waals surface area (Å²) in [6, 6.07) is 5.59. The zero-order valence-corrected chi connectivity index (χ0v) is 12.8. The lowest BCUT2D eigenvalue weighted by Gasteiger charge is -2.10. The SMILES string of the molecule is CCc1cc(Br)cc(Br)c1N/N=C(\C#N)C(=N)N. The Hall–Kier alpha value is -1.39. The van der Waals surface area contributed by atoms with E-state index in [0.717, 1.165) is 26.6 Å². The normalized spacial score (nSPS) is 10.9. The molecule has 94 valence electrons. The highest BCUT2D eigenvalue weighted by molar-refractivity contribution is 9.11. The predicted molar refractivity (Wildman–Crippen MR) is 79.8 cm³/mol. The van der Waals surface area contributed by atoms with Crippen LogP contribution in [0.15, 0.2) is 26.2 Å². The molecule has 7 heteroatoms. The summed E-state index contributed by atoms with van der Waals surface area (Å²) in [5.74, 6) is -0.365. The van der Waals surface area contributed by atoms with Crippen molar-refractivity contribution in [1.82, 2.24) is 0 Å². The molecule has 0 aliphatic carbocycles. The molecule has 0 radical (unpaired) electrons. The smallest absolute Gasteiger partial charge is 0.201 e. The zero-order valence-electron chi connectivity index (χ0n) is 9.59. The van der Waals surface area contributed by atoms with Crippen molar-refractivity contribution in [3.8, 4) is 6.07 Å². The number of rotatable bonds is 4. The minimum absolute atomic E-state index is 0.146. The first-order chi connectivity index (χ1) is 8.49. The van der Waals surface area contributed by atoms with Gasteiger partial charge in [-0.1, -0.05) is 22.9 Å². The van der Waals surface area contributed by atoms with Crippen molar-refractivity contribution in [1.29, 1.82) is 10.7 Å². The van der Waals surface area contributed by atoms with Crippen LogP contribution in [0.5, 0.6) is 0 Å². The molecule has 0 aromatic heterocycles. The molecule has 0 spiro atoms. The molecular formula is C11H11Br2N5. The Balaban J connectivity index is 3.12. The van der Waals surface area contributed by atoms with E-state index in [9.17, 15) is 0 Å². The Morgan fingerprint density at radius 3 is 2.72 bits per heavy atom. The van der Waals surface area contributed by atoms with Gasteiger partial charge in [-0.2, -0.15) is 10.4 Å². The second kappa shape index (κ2) is 6.52. The third-order valence-corrected chi connectivity index (χ3v) is 3.24. The lowest BCUT2D eigenvalue weighted by Crippen LogP contribution is -2.22. The number of amidine groups is 1. The van der Waals surface area contributed by atoms with Crippen molar-refractivity contribution in [3.05, 3.63) is 26.6 Å². The van der Waals surface area contributed by atoms with Gasteiger partial charge < -0.3 is 5.73 Å². The highest BCUT2D eigenvalue weighted by atomic mass is 79.9. The molecule has 0 unspecified atom stereocenters. The number of benzene rings is 1. The first-order valence-electron chi connectivity index (χ1n) is 5.05. The van der Waals surface area contributed by atoms with Gasteiger partial charge >= 0.3 is 0 Å². The van der Waals surface area contributed by atoms with Crippen molar-refractivity contribution in [3.63, 3.8) is 0 Å². The summed E-state index contributed by atoms with van der Waals surface area (Å²) in [5.41, 5.74) is 9.62. The van der Waals surface area contributed by atoms with E-state index in [-0.39, 0.29) is 11.5 Å². The number of nitrogens with two attached hydrogens (primary N) is 1. The van der Waals surface area contributed by atoms with E-state index >= 15 is 0 Å². The lowest BCUT2D eigenvalue weighted by molar-refractivity contribution is 1.12. The maximum Gasteiger partial charge on any atom is 0.201 e. The molecule has 0 bridgehead atoms. The van der Waals surface area contributed by atoms with Crippen LogP contribution in [0.4, 0.5) is 5.69 Å². The maximum absolute atomic E-state index is 8.75. The van der Waals surface area contributed by atoms with Crippen LogP contribution >= 0.6 is 31.9 Å². The van der Waals surface area contributed by atoms with Crippen LogP contribution < -0.4 is 11.2 Å². The van der Waals surface area contributed by atoms with Crippen LogP contribution in [0.3, 0.4) is 0 Å². The minimum atomic E-state index is -0.365. The third-order valence-electron chi connectivity index (χ3n) is 2.16. The quantitative estimate of drug-likeness (QED) is 0.430. The molecule has 0 saturated carbocycles. The summed E-state index contributed by atoms with van der Waals surface area (Å²) in [5, 5.41) is 19.7. The van der Waals surface area contributed by atoms with Gasteiger partial charge in [0.2, 0.25) is 5.71 Å². The van der Waals surface area contributed by atoms with Crippen LogP contribution in [0.2, 0.25) is 0 Å². The van der Waals surface area contributed by atoms with Gasteiger partial charge in [0, 0.05) is 8.95 Å². The molecule has 0 fully saturated rings. The summed E-state index contributed by atoms with van der Waals surface area (Å²) in [4.78, 5) is 0. The average Bonchev–Trinajstić information content (AvgIpc) is 2.31. The van der Waals surface area contributed by atoms with E-state index < -0.39 is 0 Å². The molecule has 0 amide bonds. The monoisotopic (exact) mass is 371 g/mol. The number of halogens is 2. The highest BCUT2D eigenvalue weighted by Gasteiger charge is 2.08. The molecule has 5 nitrogen and oxygen atoms in total. The molecule has 1 rings (SSSR count). The van der Waals surface area contributed by atoms with Crippen LogP contribution in [-0.4, -0.2) is 11.5 Å². The van der Waals surface area contributed by atoms with E-state index in [1.165, 1.54) is 0 Å². The van der Waals surface area contributed by atoms with Gasteiger partial charge in [0.05, 0.1) is 5.69 Å². The van der Waals surface area contributed by atoms with Crippen molar-refractivity contribution >= 4 is 49.1 Å². The topological polar surface area (TPSA) is 98.0 Å². The number of aryl methyl sites for hydroxylation is 1. The summed E-state index contributed by atoms with van der Waals surface area (Å²) in [7, 11) is 0. The van der Waals surface area contributed by atoms with E-state index in [1.807, 2.05) is 19.1 Å². The summed E-state index contributed by atoms with van der Waals surface area (Å²) >= 11 is 6.82. The minimum Gasteiger partial charge on any atom is -0.382 e. The fraction of sp³-hybridized carbons (Fsp3) is 0.182. The second-order valence-corrected chi connectivity index (χ2v) is 5.14. The van der Waals surface area contributed by atoms with Gasteiger partial charge in [-0.25, -0.2) is 0 Å². The lowest BCUT2D eigenvalue weighted by atomic mass is 10.1. The molecular weight excluding hydrogens is 362 g/mol. The summed E-state index contributed by atoms with van der Waals surface area (Å²) < 4.78 is 1.77. The fourth-order valence-corrected chi connectivity index (χ4v) is 2.69. The standard InChI is InChI=1S/C11H11Br2N5/c1-2-6-3-7(12)4-8(13)10(6)18-17-9(5-14)11(15)16/h3-4,18H,2H2,1H3,(H3,15,16)/b17-9+. The molecule has 0 saturated heterocycles. The first-order valence-corrected chi connectivity index (χ1v) is 6.64. The number of nitrogens with one attached hydrogen (secondary N) is 2. The molecule has 1 aromatic carbocycles. The van der Waals surface area contributed by atoms with Gasteiger partial charge in [-0.05, 0) is 40.0 Å². The van der Waals surface area contributed by atoms with Crippen molar-refractivity contribution < 1.29 is 0 Å². The van der Waals surface area contributed by atoms with Gasteiger partial charge in [0.25, 0.3) is 0 Å². The number of hydrogen-bond acceptors (Lipinski definition) is 4. The van der Waals surface area contributed by atoms with Crippen LogP contribution in [0, 0.1) is 16.7 Å². The summed E-state index contributed by atoms with van der Waals surface area (Å²) in [6.45, 7) is 2.01. The van der Waals surface area contributed by atoms with Crippen molar-refractivity contribution in [2.24, 2.45) is 10.8 Å². The number of nitriles is 1. The van der Waals surface area contributed by atoms with Gasteiger partial charge in [0.1, 0.15) is 6.07 Å². The van der Waals surface area contributed by atoms with Crippen LogP contribution in [-0.2, 0) is 6.42 Å². The number of hydrazone groups is 1. The van der Waals surface area contributed by atoms with Gasteiger partial charge in [-0.3, -0.25) is 10.8 Å². The average molecular weight is 373 g/mol. The molecule has 0 heterocycles. The predicted octanol–water partition coefficient (Wildman–Crippen LogP) is 3.00. The largest absolute Gasteiger partial charge is 0.382 e. The Labute approximate surface area is 122 Å². The Morgan fingerprint density at radius 2 is 2.22 bits per heavy atom. The fourth-order valence-electron chi connectivity index (χ4n) is 1.29. The number of nitrogens with zero attached hydrogens (tertiary/aromatic N) is 2. The molecule has 4 N–H and O–H groups in total. The summed E-state index contributed by atoms with van der Waals surface area (Å²) in [6.07, 6.45) is 0.803. The second-order valence-electron chi connectivity index (χ2n) is 3.37. The Morgan fingerprint density at radius 1 is 1.56 bits per heavy atom. The zero-order chi connectivity index (χ0) is 13.7. The van der Waals surface area contributed by atoms with E-state index in [1.54, 1.807) is 6.07 Å². The molecule has 0 aliphatic rings. The Bertz CT molecular complexity index is 545. The van der Waals surface area contributed by atoms with Crippen LogP contribution in [0.1, 0.15) is 12.5 Å². The number of hydrogen-bond donors (Lipinski definition) is 3. The van der Waals surface area contributed by atoms with E-state index in [4.69, 9.17) is 16.4 Å². The molecule has 18 heavy (non-hydrogen) atoms. The highest BCUT2D eigenvalue weighted by Crippen LogP contribution is 2.31.